The normalized spacial score (nSPS) is 23.4. The third-order valence-corrected chi connectivity index (χ3v) is 8.00. The van der Waals surface area contributed by atoms with Crippen molar-refractivity contribution in [2.24, 2.45) is 5.41 Å². The highest BCUT2D eigenvalue weighted by atomic mass is 19.4. The van der Waals surface area contributed by atoms with Gasteiger partial charge in [0.05, 0.1) is 29.4 Å². The van der Waals surface area contributed by atoms with Gasteiger partial charge in [-0.3, -0.25) is 4.79 Å². The van der Waals surface area contributed by atoms with Gasteiger partial charge in [-0.15, -0.1) is 10.2 Å². The minimum atomic E-state index is -4.63. The van der Waals surface area contributed by atoms with Crippen LogP contribution in [0.15, 0.2) is 30.3 Å². The van der Waals surface area contributed by atoms with E-state index in [0.29, 0.717) is 25.7 Å². The number of halogens is 3. The molecule has 2 heterocycles. The average molecular weight is 530 g/mol. The van der Waals surface area contributed by atoms with Gasteiger partial charge in [-0.05, 0) is 81.7 Å². The van der Waals surface area contributed by atoms with Gasteiger partial charge in [0.1, 0.15) is 5.75 Å². The first-order valence-corrected chi connectivity index (χ1v) is 13.0. The maximum Gasteiger partial charge on any atom is 0.417 e. The summed E-state index contributed by atoms with van der Waals surface area (Å²) in [5, 5.41) is 30.0. The fourth-order valence-corrected chi connectivity index (χ4v) is 5.78. The van der Waals surface area contributed by atoms with Crippen molar-refractivity contribution in [3.8, 4) is 11.8 Å². The molecule has 1 amide bonds. The van der Waals surface area contributed by atoms with Crippen LogP contribution in [0, 0.1) is 16.7 Å². The fraction of sp³-hybridized carbons (Fsp3) is 0.556. The Kier molecular flexibility index (Phi) is 7.18. The molecule has 3 fully saturated rings. The second-order valence-electron chi connectivity index (χ2n) is 10.7. The number of nitriles is 1. The molecule has 1 spiro atoms. The fourth-order valence-electron chi connectivity index (χ4n) is 5.78. The van der Waals surface area contributed by atoms with Crippen molar-refractivity contribution in [2.45, 2.75) is 75.8 Å². The summed E-state index contributed by atoms with van der Waals surface area (Å²) in [6.45, 7) is 1.79. The Morgan fingerprint density at radius 2 is 1.79 bits per heavy atom. The molecular weight excluding hydrogens is 499 g/mol. The van der Waals surface area contributed by atoms with Gasteiger partial charge in [-0.25, -0.2) is 0 Å². The molecule has 38 heavy (non-hydrogen) atoms. The molecule has 2 aliphatic carbocycles. The van der Waals surface area contributed by atoms with Crippen molar-refractivity contribution >= 4 is 11.7 Å². The standard InChI is InChI=1S/C27H30F3N5O3/c28-27(29,30)22-13-21(4-1-17(22)14-31)38-20-5-2-18(3-6-20)32-25(37)23-7-8-24(34-33-23)35-15-26(16-35)11-9-19(36)10-12-26/h1,4,7-8,13,18-20,36H,2-3,5-6,9-12,15-16H2,(H,32,37). The van der Waals surface area contributed by atoms with Crippen molar-refractivity contribution in [3.05, 3.63) is 47.2 Å². The quantitative estimate of drug-likeness (QED) is 0.596. The third kappa shape index (κ3) is 5.70. The van der Waals surface area contributed by atoms with Crippen LogP contribution in [0.5, 0.6) is 5.75 Å². The highest BCUT2D eigenvalue weighted by Gasteiger charge is 2.45. The van der Waals surface area contributed by atoms with Crippen LogP contribution in [-0.4, -0.2) is 52.6 Å². The Labute approximate surface area is 218 Å². The number of carbonyl (C=O) groups excluding carboxylic acids is 1. The zero-order valence-electron chi connectivity index (χ0n) is 20.9. The molecule has 2 saturated carbocycles. The van der Waals surface area contributed by atoms with Gasteiger partial charge in [0.2, 0.25) is 0 Å². The maximum absolute atomic E-state index is 13.2. The summed E-state index contributed by atoms with van der Waals surface area (Å²) < 4.78 is 45.4. The van der Waals surface area contributed by atoms with Crippen LogP contribution in [0.1, 0.15) is 73.0 Å². The third-order valence-electron chi connectivity index (χ3n) is 8.00. The van der Waals surface area contributed by atoms with E-state index in [2.05, 4.69) is 20.4 Å². The lowest BCUT2D eigenvalue weighted by Crippen LogP contribution is -2.58. The molecule has 2 aromatic rings. The van der Waals surface area contributed by atoms with Gasteiger partial charge in [0.15, 0.2) is 11.5 Å². The van der Waals surface area contributed by atoms with Crippen molar-refractivity contribution in [1.29, 1.82) is 5.26 Å². The molecule has 1 aliphatic heterocycles. The van der Waals surface area contributed by atoms with Crippen LogP contribution in [0.3, 0.4) is 0 Å². The van der Waals surface area contributed by atoms with E-state index in [-0.39, 0.29) is 41.0 Å². The number of alkyl halides is 3. The average Bonchev–Trinajstić information content (AvgIpc) is 2.89. The molecule has 2 N–H and O–H groups in total. The first-order valence-electron chi connectivity index (χ1n) is 13.0. The predicted molar refractivity (Wildman–Crippen MR) is 131 cm³/mol. The molecule has 0 unspecified atom stereocenters. The summed E-state index contributed by atoms with van der Waals surface area (Å²) in [4.78, 5) is 14.9. The van der Waals surface area contributed by atoms with Crippen molar-refractivity contribution < 1.29 is 27.8 Å². The van der Waals surface area contributed by atoms with Crippen LogP contribution in [0.25, 0.3) is 0 Å². The summed E-state index contributed by atoms with van der Waals surface area (Å²) in [7, 11) is 0. The number of nitrogens with zero attached hydrogens (tertiary/aromatic N) is 4. The van der Waals surface area contributed by atoms with Crippen LogP contribution >= 0.6 is 0 Å². The number of aromatic nitrogens is 2. The van der Waals surface area contributed by atoms with E-state index in [0.717, 1.165) is 56.7 Å². The van der Waals surface area contributed by atoms with Crippen LogP contribution < -0.4 is 15.0 Å². The molecule has 3 aliphatic rings. The van der Waals surface area contributed by atoms with E-state index >= 15 is 0 Å². The second kappa shape index (κ2) is 10.4. The topological polar surface area (TPSA) is 111 Å². The summed E-state index contributed by atoms with van der Waals surface area (Å²) in [6.07, 6.45) is 1.04. The van der Waals surface area contributed by atoms with E-state index < -0.39 is 17.3 Å². The van der Waals surface area contributed by atoms with Gasteiger partial charge in [0.25, 0.3) is 5.91 Å². The van der Waals surface area contributed by atoms with Crippen LogP contribution in [0.2, 0.25) is 0 Å². The minimum Gasteiger partial charge on any atom is -0.490 e. The number of ether oxygens (including phenoxy) is 1. The number of benzene rings is 1. The Bertz CT molecular complexity index is 1190. The zero-order chi connectivity index (χ0) is 26.9. The largest absolute Gasteiger partial charge is 0.490 e. The number of anilines is 1. The number of aliphatic hydroxyl groups is 1. The molecule has 1 aromatic heterocycles. The number of hydrogen-bond acceptors (Lipinski definition) is 7. The molecule has 1 saturated heterocycles. The lowest BCUT2D eigenvalue weighted by molar-refractivity contribution is -0.137. The summed E-state index contributed by atoms with van der Waals surface area (Å²) >= 11 is 0. The van der Waals surface area contributed by atoms with E-state index in [1.807, 2.05) is 6.07 Å². The Morgan fingerprint density at radius 1 is 1.08 bits per heavy atom. The van der Waals surface area contributed by atoms with Crippen molar-refractivity contribution in [1.82, 2.24) is 15.5 Å². The van der Waals surface area contributed by atoms with Crippen molar-refractivity contribution in [2.75, 3.05) is 18.0 Å². The Hall–Kier alpha value is -3.39. The first-order chi connectivity index (χ1) is 18.1. The van der Waals surface area contributed by atoms with Gasteiger partial charge >= 0.3 is 6.18 Å². The van der Waals surface area contributed by atoms with Crippen LogP contribution in [0.4, 0.5) is 19.0 Å². The highest BCUT2D eigenvalue weighted by molar-refractivity contribution is 5.92. The maximum atomic E-state index is 13.2. The molecule has 5 rings (SSSR count). The molecule has 1 aromatic carbocycles. The second-order valence-corrected chi connectivity index (χ2v) is 10.7. The zero-order valence-corrected chi connectivity index (χ0v) is 20.9. The number of amides is 1. The number of nitrogens with one attached hydrogen (secondary N) is 1. The molecule has 0 atom stereocenters. The highest BCUT2D eigenvalue weighted by Crippen LogP contribution is 2.45. The van der Waals surface area contributed by atoms with Crippen molar-refractivity contribution in [3.63, 3.8) is 0 Å². The van der Waals surface area contributed by atoms with Gasteiger partial charge in [0, 0.05) is 24.5 Å². The Balaban J connectivity index is 1.09. The van der Waals surface area contributed by atoms with Gasteiger partial charge < -0.3 is 20.1 Å². The summed E-state index contributed by atoms with van der Waals surface area (Å²) in [5.74, 6) is 0.512. The molecule has 8 nitrogen and oxygen atoms in total. The minimum absolute atomic E-state index is 0.0772. The number of aliphatic hydroxyl groups excluding tert-OH is 1. The monoisotopic (exact) mass is 529 g/mol. The number of hydrogen-bond donors (Lipinski definition) is 2. The summed E-state index contributed by atoms with van der Waals surface area (Å²) in [5.41, 5.74) is -0.945. The van der Waals surface area contributed by atoms with E-state index in [1.54, 1.807) is 12.1 Å². The molecule has 202 valence electrons. The summed E-state index contributed by atoms with van der Waals surface area (Å²) in [6, 6.07) is 8.32. The van der Waals surface area contributed by atoms with Gasteiger partial charge in [-0.1, -0.05) is 0 Å². The lowest BCUT2D eigenvalue weighted by atomic mass is 9.68. The first kappa shape index (κ1) is 26.2. The smallest absolute Gasteiger partial charge is 0.417 e. The molecule has 0 radical (unpaired) electrons. The predicted octanol–water partition coefficient (Wildman–Crippen LogP) is 4.23. The van der Waals surface area contributed by atoms with E-state index in [4.69, 9.17) is 10.00 Å². The molecule has 11 heteroatoms. The van der Waals surface area contributed by atoms with Crippen LogP contribution in [-0.2, 0) is 6.18 Å². The molecular formula is C27H30F3N5O3. The van der Waals surface area contributed by atoms with E-state index in [9.17, 15) is 23.1 Å². The number of carbonyl (C=O) groups is 1. The number of rotatable bonds is 5. The lowest BCUT2D eigenvalue weighted by Gasteiger charge is -2.53. The van der Waals surface area contributed by atoms with E-state index in [1.165, 1.54) is 6.07 Å². The molecule has 0 bridgehead atoms. The van der Waals surface area contributed by atoms with Gasteiger partial charge in [-0.2, -0.15) is 18.4 Å². The Morgan fingerprint density at radius 3 is 2.39 bits per heavy atom. The SMILES string of the molecule is N#Cc1ccc(OC2CCC(NC(=O)c3ccc(N4CC5(CCC(O)CC5)C4)nn3)CC2)cc1C(F)(F)F.